The summed E-state index contributed by atoms with van der Waals surface area (Å²) in [4.78, 5) is 13.4. The molecule has 23 heavy (non-hydrogen) atoms. The van der Waals surface area contributed by atoms with Crippen LogP contribution in [0, 0.1) is 25.2 Å². The van der Waals surface area contributed by atoms with E-state index in [0.29, 0.717) is 24.1 Å². The number of nitriles is 1. The molecule has 1 aromatic carbocycles. The monoisotopic (exact) mass is 330 g/mol. The lowest BCUT2D eigenvalue weighted by atomic mass is 10.1. The molecular weight excluding hydrogens is 312 g/mol. The molecule has 0 radical (unpaired) electrons. The van der Waals surface area contributed by atoms with Gasteiger partial charge in [-0.2, -0.15) is 5.26 Å². The van der Waals surface area contributed by atoms with Crippen molar-refractivity contribution in [2.45, 2.75) is 25.5 Å². The Kier molecular flexibility index (Phi) is 5.77. The topological polar surface area (TPSA) is 83.0 Å². The molecule has 0 saturated carbocycles. The summed E-state index contributed by atoms with van der Waals surface area (Å²) in [5, 5.41) is 16.9. The van der Waals surface area contributed by atoms with Crippen LogP contribution in [0.2, 0.25) is 0 Å². The minimum absolute atomic E-state index is 0.0730. The lowest BCUT2D eigenvalue weighted by molar-refractivity contribution is -0.127. The van der Waals surface area contributed by atoms with Crippen LogP contribution in [0.15, 0.2) is 27.8 Å². The highest BCUT2D eigenvalue weighted by atomic mass is 32.2. The predicted octanol–water partition coefficient (Wildman–Crippen LogP) is 2.82. The molecule has 1 aromatic heterocycles. The molecule has 2 rings (SSSR count). The molecule has 0 unspecified atom stereocenters. The summed E-state index contributed by atoms with van der Waals surface area (Å²) in [6.45, 7) is 4.50. The third-order valence-electron chi connectivity index (χ3n) is 3.46. The summed E-state index contributed by atoms with van der Waals surface area (Å²) in [7, 11) is 1.68. The van der Waals surface area contributed by atoms with Crippen LogP contribution in [0.4, 0.5) is 0 Å². The van der Waals surface area contributed by atoms with E-state index in [0.717, 1.165) is 11.1 Å². The Morgan fingerprint density at radius 3 is 2.83 bits per heavy atom. The Morgan fingerprint density at radius 2 is 2.13 bits per heavy atom. The summed E-state index contributed by atoms with van der Waals surface area (Å²) in [6, 6.07) is 7.96. The molecule has 1 heterocycles. The molecule has 0 atom stereocenters. The van der Waals surface area contributed by atoms with E-state index in [1.807, 2.05) is 38.1 Å². The van der Waals surface area contributed by atoms with Crippen LogP contribution in [-0.4, -0.2) is 40.3 Å². The Bertz CT molecular complexity index is 736. The van der Waals surface area contributed by atoms with Crippen LogP contribution in [0.25, 0.3) is 11.5 Å². The van der Waals surface area contributed by atoms with E-state index >= 15 is 0 Å². The lowest BCUT2D eigenvalue weighted by Crippen LogP contribution is -2.29. The zero-order valence-corrected chi connectivity index (χ0v) is 14.2. The highest BCUT2D eigenvalue weighted by Crippen LogP contribution is 2.24. The highest BCUT2D eigenvalue weighted by molar-refractivity contribution is 7.99. The van der Waals surface area contributed by atoms with Crippen molar-refractivity contribution in [3.63, 3.8) is 0 Å². The summed E-state index contributed by atoms with van der Waals surface area (Å²) >= 11 is 1.20. The van der Waals surface area contributed by atoms with E-state index < -0.39 is 0 Å². The van der Waals surface area contributed by atoms with Crippen molar-refractivity contribution in [1.29, 1.82) is 5.26 Å². The van der Waals surface area contributed by atoms with E-state index in [1.165, 1.54) is 22.2 Å². The molecule has 0 aliphatic rings. The Balaban J connectivity index is 1.96. The molecule has 1 amide bonds. The Labute approximate surface area is 139 Å². The van der Waals surface area contributed by atoms with Gasteiger partial charge in [0.1, 0.15) is 0 Å². The summed E-state index contributed by atoms with van der Waals surface area (Å²) in [5.74, 6) is 0.577. The molecule has 6 nitrogen and oxygen atoms in total. The van der Waals surface area contributed by atoms with Crippen molar-refractivity contribution in [2.75, 3.05) is 19.3 Å². The van der Waals surface area contributed by atoms with Crippen LogP contribution in [-0.2, 0) is 4.79 Å². The number of carbonyl (C=O) groups is 1. The smallest absolute Gasteiger partial charge is 0.277 e. The number of hydrogen-bond acceptors (Lipinski definition) is 6. The number of rotatable bonds is 6. The average molecular weight is 330 g/mol. The third kappa shape index (κ3) is 4.57. The van der Waals surface area contributed by atoms with Crippen molar-refractivity contribution in [2.24, 2.45) is 0 Å². The summed E-state index contributed by atoms with van der Waals surface area (Å²) in [5.41, 5.74) is 3.22. The molecule has 0 spiro atoms. The first-order valence-corrected chi connectivity index (χ1v) is 8.14. The number of carbonyl (C=O) groups excluding carboxylic acids is 1. The van der Waals surface area contributed by atoms with Gasteiger partial charge < -0.3 is 9.32 Å². The van der Waals surface area contributed by atoms with Crippen LogP contribution in [0.1, 0.15) is 17.5 Å². The summed E-state index contributed by atoms with van der Waals surface area (Å²) < 4.78 is 5.59. The van der Waals surface area contributed by atoms with Crippen LogP contribution in [0.5, 0.6) is 0 Å². The first kappa shape index (κ1) is 17.0. The number of aryl methyl sites for hydroxylation is 2. The van der Waals surface area contributed by atoms with E-state index in [1.54, 1.807) is 7.05 Å². The normalized spacial score (nSPS) is 10.3. The van der Waals surface area contributed by atoms with Gasteiger partial charge in [0.05, 0.1) is 18.2 Å². The fourth-order valence-electron chi connectivity index (χ4n) is 1.84. The van der Waals surface area contributed by atoms with Crippen molar-refractivity contribution < 1.29 is 9.21 Å². The quantitative estimate of drug-likeness (QED) is 0.757. The first-order valence-electron chi connectivity index (χ1n) is 7.16. The third-order valence-corrected chi connectivity index (χ3v) is 4.27. The van der Waals surface area contributed by atoms with Crippen LogP contribution >= 0.6 is 11.8 Å². The lowest BCUT2D eigenvalue weighted by Gasteiger charge is -2.13. The Morgan fingerprint density at radius 1 is 1.35 bits per heavy atom. The van der Waals surface area contributed by atoms with Gasteiger partial charge in [0.15, 0.2) is 0 Å². The second-order valence-electron chi connectivity index (χ2n) is 5.18. The Hall–Kier alpha value is -2.33. The van der Waals surface area contributed by atoms with Crippen molar-refractivity contribution >= 4 is 17.7 Å². The van der Waals surface area contributed by atoms with Crippen molar-refractivity contribution in [3.05, 3.63) is 29.3 Å². The molecule has 7 heteroatoms. The number of hydrogen-bond donors (Lipinski definition) is 0. The van der Waals surface area contributed by atoms with Crippen molar-refractivity contribution in [3.8, 4) is 17.5 Å². The number of aromatic nitrogens is 2. The number of amides is 1. The molecule has 0 bridgehead atoms. The van der Waals surface area contributed by atoms with Gasteiger partial charge in [-0.1, -0.05) is 17.8 Å². The molecule has 0 aliphatic heterocycles. The van der Waals surface area contributed by atoms with E-state index in [4.69, 9.17) is 9.68 Å². The van der Waals surface area contributed by atoms with Crippen molar-refractivity contribution in [1.82, 2.24) is 15.1 Å². The zero-order valence-electron chi connectivity index (χ0n) is 13.4. The molecule has 0 aliphatic carbocycles. The molecular formula is C16H18N4O2S. The van der Waals surface area contributed by atoms with Gasteiger partial charge >= 0.3 is 0 Å². The fraction of sp³-hybridized carbons (Fsp3) is 0.375. The maximum Gasteiger partial charge on any atom is 0.277 e. The molecule has 0 saturated heterocycles. The largest absolute Gasteiger partial charge is 0.411 e. The van der Waals surface area contributed by atoms with Gasteiger partial charge in [0.25, 0.3) is 5.22 Å². The molecule has 0 N–H and O–H groups in total. The van der Waals surface area contributed by atoms with E-state index in [9.17, 15) is 4.79 Å². The summed E-state index contributed by atoms with van der Waals surface area (Å²) in [6.07, 6.45) is 0.324. The van der Waals surface area contributed by atoms with E-state index in [-0.39, 0.29) is 11.7 Å². The molecule has 0 fully saturated rings. The number of nitrogens with zero attached hydrogens (tertiary/aromatic N) is 4. The maximum atomic E-state index is 11.9. The minimum Gasteiger partial charge on any atom is -0.411 e. The highest BCUT2D eigenvalue weighted by Gasteiger charge is 2.13. The number of benzene rings is 1. The van der Waals surface area contributed by atoms with Gasteiger partial charge in [0, 0.05) is 19.2 Å². The second kappa shape index (κ2) is 7.79. The van der Waals surface area contributed by atoms with E-state index in [2.05, 4.69) is 10.2 Å². The van der Waals surface area contributed by atoms with Gasteiger partial charge in [-0.05, 0) is 37.1 Å². The van der Waals surface area contributed by atoms with Gasteiger partial charge in [-0.3, -0.25) is 4.79 Å². The second-order valence-corrected chi connectivity index (χ2v) is 6.11. The SMILES string of the molecule is Cc1ccc(-c2nnc(SCC(=O)N(C)CCC#N)o2)cc1C. The molecule has 120 valence electrons. The van der Waals surface area contributed by atoms with Gasteiger partial charge in [-0.15, -0.1) is 10.2 Å². The first-order chi connectivity index (χ1) is 11.0. The predicted molar refractivity (Wildman–Crippen MR) is 87.8 cm³/mol. The zero-order chi connectivity index (χ0) is 16.8. The fourth-order valence-corrected chi connectivity index (χ4v) is 2.54. The maximum absolute atomic E-state index is 11.9. The average Bonchev–Trinajstić information content (AvgIpc) is 3.01. The van der Waals surface area contributed by atoms with Gasteiger partial charge in [-0.25, -0.2) is 0 Å². The minimum atomic E-state index is -0.0730. The number of thioether (sulfide) groups is 1. The van der Waals surface area contributed by atoms with Crippen LogP contribution in [0.3, 0.4) is 0 Å². The van der Waals surface area contributed by atoms with Crippen LogP contribution < -0.4 is 0 Å². The van der Waals surface area contributed by atoms with Gasteiger partial charge in [0.2, 0.25) is 11.8 Å². The standard InChI is InChI=1S/C16H18N4O2S/c1-11-5-6-13(9-12(11)2)15-18-19-16(22-15)23-10-14(21)20(3)8-4-7-17/h5-6,9H,4,8,10H2,1-3H3. The molecule has 2 aromatic rings.